The first-order valence-electron chi connectivity index (χ1n) is 10.4. The van der Waals surface area contributed by atoms with Gasteiger partial charge in [-0.3, -0.25) is 4.79 Å². The van der Waals surface area contributed by atoms with Gasteiger partial charge in [0.05, 0.1) is 12.0 Å². The second-order valence-electron chi connectivity index (χ2n) is 8.57. The van der Waals surface area contributed by atoms with Crippen LogP contribution >= 0.6 is 11.6 Å². The molecule has 29 heavy (non-hydrogen) atoms. The van der Waals surface area contributed by atoms with E-state index < -0.39 is 0 Å². The highest BCUT2D eigenvalue weighted by Gasteiger charge is 2.48. The zero-order valence-corrected chi connectivity index (χ0v) is 17.0. The van der Waals surface area contributed by atoms with Gasteiger partial charge in [-0.15, -0.1) is 10.2 Å². The molecule has 1 amide bonds. The van der Waals surface area contributed by atoms with Crippen LogP contribution in [0.2, 0.25) is 5.15 Å². The van der Waals surface area contributed by atoms with Crippen LogP contribution in [0.25, 0.3) is 0 Å². The molecule has 1 aromatic carbocycles. The van der Waals surface area contributed by atoms with Gasteiger partial charge in [0.25, 0.3) is 0 Å². The number of amides is 1. The van der Waals surface area contributed by atoms with E-state index in [0.29, 0.717) is 24.2 Å². The first-order valence-corrected chi connectivity index (χ1v) is 10.7. The number of halogens is 2. The first kappa shape index (κ1) is 18.8. The summed E-state index contributed by atoms with van der Waals surface area (Å²) < 4.78 is 14.4. The summed E-state index contributed by atoms with van der Waals surface area (Å²) in [7, 11) is 0. The minimum Gasteiger partial charge on any atom is -0.351 e. The van der Waals surface area contributed by atoms with Crippen LogP contribution < -0.4 is 4.90 Å². The molecular weight excluding hydrogens is 391 g/mol. The highest BCUT2D eigenvalue weighted by atomic mass is 35.5. The molecule has 2 heterocycles. The Hall–Kier alpha value is -2.21. The monoisotopic (exact) mass is 414 g/mol. The van der Waals surface area contributed by atoms with E-state index >= 15 is 0 Å². The summed E-state index contributed by atoms with van der Waals surface area (Å²) in [6, 6.07) is 8.96. The van der Waals surface area contributed by atoms with E-state index in [9.17, 15) is 9.18 Å². The lowest BCUT2D eigenvalue weighted by atomic mass is 9.73. The van der Waals surface area contributed by atoms with Crippen molar-refractivity contribution in [2.45, 2.75) is 50.0 Å². The molecule has 5 nitrogen and oxygen atoms in total. The highest BCUT2D eigenvalue weighted by Crippen LogP contribution is 2.42. The first-order chi connectivity index (χ1) is 14.0. The van der Waals surface area contributed by atoms with Crippen molar-refractivity contribution in [3.63, 3.8) is 0 Å². The second kappa shape index (κ2) is 7.24. The minimum atomic E-state index is -0.165. The molecule has 2 saturated carbocycles. The van der Waals surface area contributed by atoms with Crippen LogP contribution in [0.3, 0.4) is 0 Å². The number of carbonyl (C=O) groups excluding carboxylic acids is 1. The predicted octanol–water partition coefficient (Wildman–Crippen LogP) is 3.96. The van der Waals surface area contributed by atoms with Crippen LogP contribution in [0, 0.1) is 5.82 Å². The van der Waals surface area contributed by atoms with Crippen LogP contribution in [-0.2, 0) is 11.2 Å². The number of carbonyl (C=O) groups is 1. The van der Waals surface area contributed by atoms with Gasteiger partial charge in [0.1, 0.15) is 5.82 Å². The molecule has 1 saturated heterocycles. The van der Waals surface area contributed by atoms with Crippen LogP contribution in [0.5, 0.6) is 0 Å². The largest absolute Gasteiger partial charge is 0.351 e. The molecule has 3 fully saturated rings. The number of rotatable bonds is 4. The molecule has 3 aliphatic rings. The summed E-state index contributed by atoms with van der Waals surface area (Å²) in [6.45, 7) is 2.11. The topological polar surface area (TPSA) is 49.3 Å². The molecule has 0 atom stereocenters. The standard InChI is InChI=1S/C22H24ClFN4O/c23-19-6-7-20(26-25-19)27-10-11-28(22(14-27)8-1-9-22)21(29)13-15-2-5-17(16-3-4-16)18(24)12-15/h2,5-7,12,16H,1,3-4,8-11,13-14H2. The SMILES string of the molecule is O=C(Cc1ccc(C2CC2)c(F)c1)N1CCN(c2ccc(Cl)nn2)CC12CCC2. The van der Waals surface area contributed by atoms with E-state index in [4.69, 9.17) is 11.6 Å². The minimum absolute atomic E-state index is 0.0881. The molecule has 0 N–H and O–H groups in total. The summed E-state index contributed by atoms with van der Waals surface area (Å²) in [5.74, 6) is 1.10. The summed E-state index contributed by atoms with van der Waals surface area (Å²) in [5.41, 5.74) is 1.41. The normalized spacial score (nSPS) is 20.6. The van der Waals surface area contributed by atoms with Crippen LogP contribution in [0.1, 0.15) is 49.1 Å². The lowest BCUT2D eigenvalue weighted by Gasteiger charge is -2.56. The fourth-order valence-electron chi connectivity index (χ4n) is 4.73. The third-order valence-corrected chi connectivity index (χ3v) is 6.82. The molecule has 1 aliphatic heterocycles. The number of aromatic nitrogens is 2. The van der Waals surface area contributed by atoms with E-state index in [1.54, 1.807) is 12.1 Å². The van der Waals surface area contributed by atoms with Gasteiger partial charge in [-0.1, -0.05) is 23.7 Å². The fraction of sp³-hybridized carbons (Fsp3) is 0.500. The molecule has 1 spiro atoms. The molecule has 7 heteroatoms. The molecule has 0 bridgehead atoms. The predicted molar refractivity (Wildman–Crippen MR) is 110 cm³/mol. The van der Waals surface area contributed by atoms with Crippen LogP contribution in [-0.4, -0.2) is 46.2 Å². The summed E-state index contributed by atoms with van der Waals surface area (Å²) >= 11 is 5.86. The van der Waals surface area contributed by atoms with E-state index in [2.05, 4.69) is 15.1 Å². The number of benzene rings is 1. The summed E-state index contributed by atoms with van der Waals surface area (Å²) in [5, 5.41) is 8.52. The van der Waals surface area contributed by atoms with Crippen LogP contribution in [0.15, 0.2) is 30.3 Å². The van der Waals surface area contributed by atoms with Crippen molar-refractivity contribution in [3.8, 4) is 0 Å². The van der Waals surface area contributed by atoms with Gasteiger partial charge in [0.15, 0.2) is 11.0 Å². The maximum atomic E-state index is 14.4. The lowest BCUT2D eigenvalue weighted by molar-refractivity contribution is -0.141. The fourth-order valence-corrected chi connectivity index (χ4v) is 4.83. The van der Waals surface area contributed by atoms with Gasteiger partial charge in [-0.05, 0) is 67.3 Å². The van der Waals surface area contributed by atoms with Gasteiger partial charge in [0.2, 0.25) is 5.91 Å². The van der Waals surface area contributed by atoms with Gasteiger partial charge in [0, 0.05) is 19.6 Å². The molecule has 152 valence electrons. The van der Waals surface area contributed by atoms with E-state index in [1.807, 2.05) is 23.1 Å². The zero-order chi connectivity index (χ0) is 20.0. The average molecular weight is 415 g/mol. The molecule has 2 aliphatic carbocycles. The summed E-state index contributed by atoms with van der Waals surface area (Å²) in [4.78, 5) is 17.4. The third-order valence-electron chi connectivity index (χ3n) is 6.62. The van der Waals surface area contributed by atoms with Gasteiger partial charge in [-0.2, -0.15) is 0 Å². The maximum Gasteiger partial charge on any atom is 0.227 e. The molecule has 1 aromatic heterocycles. The van der Waals surface area contributed by atoms with Crippen molar-refractivity contribution in [3.05, 3.63) is 52.4 Å². The van der Waals surface area contributed by atoms with Crippen molar-refractivity contribution in [1.29, 1.82) is 0 Å². The van der Waals surface area contributed by atoms with Crippen molar-refractivity contribution < 1.29 is 9.18 Å². The Labute approximate surface area is 174 Å². The molecule has 0 unspecified atom stereocenters. The van der Waals surface area contributed by atoms with Gasteiger partial charge < -0.3 is 9.80 Å². The second-order valence-corrected chi connectivity index (χ2v) is 8.95. The van der Waals surface area contributed by atoms with Crippen molar-refractivity contribution >= 4 is 23.3 Å². The Morgan fingerprint density at radius 1 is 1.17 bits per heavy atom. The molecule has 0 radical (unpaired) electrons. The molecule has 5 rings (SSSR count). The number of anilines is 1. The summed E-state index contributed by atoms with van der Waals surface area (Å²) in [6.07, 6.45) is 5.50. The number of nitrogens with zero attached hydrogens (tertiary/aromatic N) is 4. The maximum absolute atomic E-state index is 14.4. The Kier molecular flexibility index (Phi) is 4.69. The van der Waals surface area contributed by atoms with Crippen LogP contribution in [0.4, 0.5) is 10.2 Å². The number of hydrogen-bond donors (Lipinski definition) is 0. The van der Waals surface area contributed by atoms with Crippen molar-refractivity contribution in [2.75, 3.05) is 24.5 Å². The van der Waals surface area contributed by atoms with Gasteiger partial charge >= 0.3 is 0 Å². The molecule has 2 aromatic rings. The Bertz CT molecular complexity index is 927. The smallest absolute Gasteiger partial charge is 0.227 e. The van der Waals surface area contributed by atoms with Crippen molar-refractivity contribution in [2.24, 2.45) is 0 Å². The Balaban J connectivity index is 1.30. The van der Waals surface area contributed by atoms with Gasteiger partial charge in [-0.25, -0.2) is 4.39 Å². The van der Waals surface area contributed by atoms with Crippen molar-refractivity contribution in [1.82, 2.24) is 15.1 Å². The lowest BCUT2D eigenvalue weighted by Crippen LogP contribution is -2.67. The highest BCUT2D eigenvalue weighted by molar-refractivity contribution is 6.29. The quantitative estimate of drug-likeness (QED) is 0.759. The molecular formula is C22H24ClFN4O. The third kappa shape index (κ3) is 3.59. The Morgan fingerprint density at radius 3 is 2.62 bits per heavy atom. The van der Waals surface area contributed by atoms with E-state index in [1.165, 1.54) is 0 Å². The van der Waals surface area contributed by atoms with E-state index in [-0.39, 0.29) is 23.7 Å². The average Bonchev–Trinajstić information content (AvgIpc) is 3.52. The number of hydrogen-bond acceptors (Lipinski definition) is 4. The number of piperazine rings is 1. The zero-order valence-electron chi connectivity index (χ0n) is 16.3. The van der Waals surface area contributed by atoms with E-state index in [0.717, 1.165) is 55.6 Å². The Morgan fingerprint density at radius 2 is 2.00 bits per heavy atom.